The predicted octanol–water partition coefficient (Wildman–Crippen LogP) is 4.89. The third-order valence-corrected chi connectivity index (χ3v) is 6.91. The fraction of sp³-hybridized carbons (Fsp3) is 0.115. The molecular formula is C26H23N5O3S. The summed E-state index contributed by atoms with van der Waals surface area (Å²) < 4.78 is 27.0. The van der Waals surface area contributed by atoms with Crippen molar-refractivity contribution >= 4 is 54.7 Å². The maximum atomic E-state index is 12.5. The molecule has 0 aliphatic carbocycles. The largest absolute Gasteiger partial charge is 0.354 e. The van der Waals surface area contributed by atoms with Crippen molar-refractivity contribution in [1.29, 1.82) is 0 Å². The van der Waals surface area contributed by atoms with E-state index in [0.29, 0.717) is 22.6 Å². The van der Waals surface area contributed by atoms with Gasteiger partial charge >= 0.3 is 0 Å². The van der Waals surface area contributed by atoms with Crippen molar-refractivity contribution in [2.75, 3.05) is 16.9 Å². The van der Waals surface area contributed by atoms with Crippen LogP contribution in [0.1, 0.15) is 6.92 Å². The summed E-state index contributed by atoms with van der Waals surface area (Å²) in [5.74, 6) is -0.248. The Balaban J connectivity index is 1.67. The molecule has 0 saturated heterocycles. The molecule has 2 N–H and O–H groups in total. The minimum absolute atomic E-state index is 0.123. The van der Waals surface area contributed by atoms with Gasteiger partial charge in [0.1, 0.15) is 0 Å². The zero-order valence-electron chi connectivity index (χ0n) is 19.4. The molecule has 3 aromatic carbocycles. The standard InChI is InChI=1S/C26H23N5O3S/c1-16(32)29-19-6-7-25(35(3,33)34)22(14-19)30-20-13-21(26-23(15-20)27-9-10-28-26)18-5-4-17-8-11-31(2)24(17)12-18/h4-15,30H,1-3H3,(H,29,32). The molecule has 0 saturated carbocycles. The number of aromatic nitrogens is 3. The number of nitrogens with one attached hydrogen (secondary N) is 2. The van der Waals surface area contributed by atoms with Gasteiger partial charge in [0.25, 0.3) is 0 Å². The summed E-state index contributed by atoms with van der Waals surface area (Å²) in [4.78, 5) is 20.7. The fourth-order valence-corrected chi connectivity index (χ4v) is 5.01. The number of carbonyl (C=O) groups excluding carboxylic acids is 1. The van der Waals surface area contributed by atoms with Crippen LogP contribution in [-0.4, -0.2) is 35.1 Å². The molecule has 35 heavy (non-hydrogen) atoms. The van der Waals surface area contributed by atoms with Gasteiger partial charge < -0.3 is 15.2 Å². The molecule has 0 aliphatic rings. The van der Waals surface area contributed by atoms with Gasteiger partial charge in [-0.15, -0.1) is 0 Å². The van der Waals surface area contributed by atoms with Crippen LogP contribution in [0.4, 0.5) is 17.1 Å². The first-order valence-electron chi connectivity index (χ1n) is 10.9. The van der Waals surface area contributed by atoms with Gasteiger partial charge in [0.05, 0.1) is 21.6 Å². The van der Waals surface area contributed by atoms with Crippen LogP contribution in [-0.2, 0) is 21.7 Å². The number of anilines is 3. The summed E-state index contributed by atoms with van der Waals surface area (Å²) in [5, 5.41) is 7.07. The molecule has 5 rings (SSSR count). The van der Waals surface area contributed by atoms with Crippen molar-refractivity contribution in [2.24, 2.45) is 7.05 Å². The predicted molar refractivity (Wildman–Crippen MR) is 139 cm³/mol. The summed E-state index contributed by atoms with van der Waals surface area (Å²) in [6.45, 7) is 1.40. The number of carbonyl (C=O) groups is 1. The second-order valence-electron chi connectivity index (χ2n) is 8.44. The Hall–Kier alpha value is -4.24. The van der Waals surface area contributed by atoms with Crippen LogP contribution in [0.5, 0.6) is 0 Å². The Bertz CT molecular complexity index is 1720. The summed E-state index contributed by atoms with van der Waals surface area (Å²) >= 11 is 0. The van der Waals surface area contributed by atoms with Crippen LogP contribution in [0.25, 0.3) is 33.1 Å². The lowest BCUT2D eigenvalue weighted by atomic mass is 10.0. The average molecular weight is 486 g/mol. The molecule has 8 nitrogen and oxygen atoms in total. The van der Waals surface area contributed by atoms with E-state index in [-0.39, 0.29) is 10.8 Å². The van der Waals surface area contributed by atoms with Gasteiger partial charge in [-0.05, 0) is 53.4 Å². The van der Waals surface area contributed by atoms with E-state index in [9.17, 15) is 13.2 Å². The van der Waals surface area contributed by atoms with Gasteiger partial charge in [-0.3, -0.25) is 14.8 Å². The van der Waals surface area contributed by atoms with E-state index in [1.165, 1.54) is 13.0 Å². The van der Waals surface area contributed by atoms with Crippen LogP contribution in [0.3, 0.4) is 0 Å². The van der Waals surface area contributed by atoms with Gasteiger partial charge in [0, 0.05) is 61.3 Å². The Morgan fingerprint density at radius 3 is 2.51 bits per heavy atom. The summed E-state index contributed by atoms with van der Waals surface area (Å²) in [6, 6.07) is 16.7. The van der Waals surface area contributed by atoms with Crippen LogP contribution in [0.2, 0.25) is 0 Å². The maximum Gasteiger partial charge on any atom is 0.221 e. The molecule has 9 heteroatoms. The van der Waals surface area contributed by atoms with Gasteiger partial charge in [-0.2, -0.15) is 0 Å². The van der Waals surface area contributed by atoms with Crippen LogP contribution >= 0.6 is 0 Å². The first-order chi connectivity index (χ1) is 16.7. The minimum atomic E-state index is -3.53. The van der Waals surface area contributed by atoms with Crippen molar-refractivity contribution < 1.29 is 13.2 Å². The number of amides is 1. The molecule has 0 unspecified atom stereocenters. The summed E-state index contributed by atoms with van der Waals surface area (Å²) in [6.07, 6.45) is 6.44. The molecule has 0 bridgehead atoms. The first kappa shape index (κ1) is 22.5. The smallest absolute Gasteiger partial charge is 0.221 e. The normalized spacial score (nSPS) is 11.6. The molecule has 0 spiro atoms. The Labute approximate surface area is 202 Å². The molecule has 2 aromatic heterocycles. The Morgan fingerprint density at radius 2 is 1.74 bits per heavy atom. The van der Waals surface area contributed by atoms with E-state index in [4.69, 9.17) is 0 Å². The van der Waals surface area contributed by atoms with Crippen molar-refractivity contribution in [3.8, 4) is 11.1 Å². The molecule has 176 valence electrons. The molecule has 2 heterocycles. The highest BCUT2D eigenvalue weighted by atomic mass is 32.2. The first-order valence-corrected chi connectivity index (χ1v) is 12.8. The minimum Gasteiger partial charge on any atom is -0.354 e. The van der Waals surface area contributed by atoms with Crippen molar-refractivity contribution in [3.63, 3.8) is 0 Å². The van der Waals surface area contributed by atoms with Gasteiger partial charge in [-0.25, -0.2) is 8.42 Å². The van der Waals surface area contributed by atoms with E-state index < -0.39 is 9.84 Å². The Kier molecular flexibility index (Phi) is 5.49. The number of sulfone groups is 1. The van der Waals surface area contributed by atoms with Crippen molar-refractivity contribution in [1.82, 2.24) is 14.5 Å². The van der Waals surface area contributed by atoms with E-state index in [1.807, 2.05) is 31.4 Å². The average Bonchev–Trinajstić information content (AvgIpc) is 3.17. The highest BCUT2D eigenvalue weighted by Crippen LogP contribution is 2.35. The zero-order chi connectivity index (χ0) is 24.7. The molecule has 0 aliphatic heterocycles. The quantitative estimate of drug-likeness (QED) is 0.367. The second-order valence-corrected chi connectivity index (χ2v) is 10.4. The SMILES string of the molecule is CC(=O)Nc1ccc(S(C)(=O)=O)c(Nc2cc(-c3ccc4ccn(C)c4c3)c3nccnc3c2)c1. The molecule has 5 aromatic rings. The molecular weight excluding hydrogens is 462 g/mol. The third-order valence-electron chi connectivity index (χ3n) is 5.75. The molecule has 0 radical (unpaired) electrons. The van der Waals surface area contributed by atoms with E-state index >= 15 is 0 Å². The number of hydrogen-bond acceptors (Lipinski definition) is 6. The Morgan fingerprint density at radius 1 is 0.943 bits per heavy atom. The van der Waals surface area contributed by atoms with Gasteiger partial charge in [0.15, 0.2) is 9.84 Å². The van der Waals surface area contributed by atoms with Crippen LogP contribution in [0, 0.1) is 0 Å². The maximum absolute atomic E-state index is 12.5. The highest BCUT2D eigenvalue weighted by molar-refractivity contribution is 7.90. The second kappa shape index (κ2) is 8.52. The van der Waals surface area contributed by atoms with E-state index in [1.54, 1.807) is 24.5 Å². The lowest BCUT2D eigenvalue weighted by Gasteiger charge is -2.15. The summed E-state index contributed by atoms with van der Waals surface area (Å²) in [5.41, 5.74) is 5.79. The molecule has 1 amide bonds. The van der Waals surface area contributed by atoms with Crippen molar-refractivity contribution in [2.45, 2.75) is 11.8 Å². The van der Waals surface area contributed by atoms with E-state index in [2.05, 4.69) is 43.4 Å². The van der Waals surface area contributed by atoms with Crippen LogP contribution < -0.4 is 10.6 Å². The third kappa shape index (κ3) is 4.45. The molecule has 0 fully saturated rings. The number of hydrogen-bond donors (Lipinski definition) is 2. The monoisotopic (exact) mass is 485 g/mol. The number of aryl methyl sites for hydroxylation is 1. The van der Waals surface area contributed by atoms with E-state index in [0.717, 1.165) is 33.8 Å². The summed E-state index contributed by atoms with van der Waals surface area (Å²) in [7, 11) is -1.54. The number of nitrogens with zero attached hydrogens (tertiary/aromatic N) is 3. The lowest BCUT2D eigenvalue weighted by molar-refractivity contribution is -0.114. The topological polar surface area (TPSA) is 106 Å². The number of benzene rings is 3. The van der Waals surface area contributed by atoms with Gasteiger partial charge in [-0.1, -0.05) is 12.1 Å². The zero-order valence-corrected chi connectivity index (χ0v) is 20.2. The highest BCUT2D eigenvalue weighted by Gasteiger charge is 2.16. The lowest BCUT2D eigenvalue weighted by Crippen LogP contribution is -2.08. The van der Waals surface area contributed by atoms with Crippen LogP contribution in [0.15, 0.2) is 78.1 Å². The van der Waals surface area contributed by atoms with Gasteiger partial charge in [0.2, 0.25) is 5.91 Å². The number of fused-ring (bicyclic) bond motifs is 2. The fourth-order valence-electron chi connectivity index (χ4n) is 4.18. The van der Waals surface area contributed by atoms with Crippen molar-refractivity contribution in [3.05, 3.63) is 73.2 Å². The number of rotatable bonds is 5. The molecule has 0 atom stereocenters.